The third kappa shape index (κ3) is 3.53. The number of rotatable bonds is 4. The van der Waals surface area contributed by atoms with Crippen LogP contribution in [0.1, 0.15) is 58.7 Å². The van der Waals surface area contributed by atoms with Gasteiger partial charge in [0.1, 0.15) is 17.3 Å². The van der Waals surface area contributed by atoms with E-state index in [1.807, 2.05) is 17.2 Å². The molecule has 1 amide bonds. The highest BCUT2D eigenvalue weighted by molar-refractivity contribution is 7.09. The molecule has 4 rings (SSSR count). The van der Waals surface area contributed by atoms with E-state index in [0.717, 1.165) is 49.1 Å². The Morgan fingerprint density at radius 1 is 1.19 bits per heavy atom. The molecule has 0 saturated carbocycles. The average Bonchev–Trinajstić information content (AvgIpc) is 3.38. The van der Waals surface area contributed by atoms with Gasteiger partial charge in [-0.1, -0.05) is 0 Å². The highest BCUT2D eigenvalue weighted by Gasteiger charge is 2.29. The number of hydrogen-bond donors (Lipinski definition) is 0. The maximum absolute atomic E-state index is 12.6. The topological polar surface area (TPSA) is 67.2 Å². The minimum atomic E-state index is 0.0560. The van der Waals surface area contributed by atoms with Crippen molar-refractivity contribution in [1.29, 1.82) is 0 Å². The first-order valence-electron chi connectivity index (χ1n) is 9.43. The molecule has 0 unspecified atom stereocenters. The van der Waals surface area contributed by atoms with Crippen LogP contribution in [0.3, 0.4) is 0 Å². The number of thiazole rings is 1. The molecule has 0 N–H and O–H groups in total. The lowest BCUT2D eigenvalue weighted by molar-refractivity contribution is 0.0705. The molecule has 2 saturated heterocycles. The number of amides is 1. The first kappa shape index (κ1) is 17.6. The zero-order chi connectivity index (χ0) is 18.1. The van der Waals surface area contributed by atoms with Gasteiger partial charge in [-0.25, -0.2) is 4.98 Å². The SMILES string of the molecule is Cc1nc(C(=O)N2CCC(c3nnc(CN4CCCC4)n3C)CC2)cs1. The minimum Gasteiger partial charge on any atom is -0.337 e. The highest BCUT2D eigenvalue weighted by Crippen LogP contribution is 2.28. The second kappa shape index (κ2) is 7.44. The molecule has 8 heteroatoms. The van der Waals surface area contributed by atoms with E-state index in [2.05, 4.69) is 31.7 Å². The van der Waals surface area contributed by atoms with Gasteiger partial charge in [0, 0.05) is 31.4 Å². The van der Waals surface area contributed by atoms with E-state index in [1.54, 1.807) is 0 Å². The maximum Gasteiger partial charge on any atom is 0.273 e. The highest BCUT2D eigenvalue weighted by atomic mass is 32.1. The number of aromatic nitrogens is 4. The summed E-state index contributed by atoms with van der Waals surface area (Å²) in [5.74, 6) is 2.55. The van der Waals surface area contributed by atoms with Crippen LogP contribution in [0, 0.1) is 6.92 Å². The molecule has 2 aliphatic heterocycles. The van der Waals surface area contributed by atoms with Crippen LogP contribution >= 0.6 is 11.3 Å². The lowest BCUT2D eigenvalue weighted by Gasteiger charge is -2.31. The molecule has 2 aromatic rings. The van der Waals surface area contributed by atoms with Crippen LogP contribution in [0.2, 0.25) is 0 Å². The number of carbonyl (C=O) groups excluding carboxylic acids is 1. The molecule has 140 valence electrons. The van der Waals surface area contributed by atoms with Crippen LogP contribution in [-0.2, 0) is 13.6 Å². The fraction of sp³-hybridized carbons (Fsp3) is 0.667. The summed E-state index contributed by atoms with van der Waals surface area (Å²) in [6, 6.07) is 0. The number of nitrogens with zero attached hydrogens (tertiary/aromatic N) is 6. The minimum absolute atomic E-state index is 0.0560. The molecular weight excluding hydrogens is 348 g/mol. The smallest absolute Gasteiger partial charge is 0.273 e. The van der Waals surface area contributed by atoms with Crippen molar-refractivity contribution >= 4 is 17.2 Å². The van der Waals surface area contributed by atoms with Gasteiger partial charge in [0.2, 0.25) is 0 Å². The Bertz CT molecular complexity index is 770. The van der Waals surface area contributed by atoms with Gasteiger partial charge in [-0.15, -0.1) is 21.5 Å². The Hall–Kier alpha value is -1.80. The third-order valence-corrected chi connectivity index (χ3v) is 6.32. The van der Waals surface area contributed by atoms with Crippen molar-refractivity contribution in [3.63, 3.8) is 0 Å². The maximum atomic E-state index is 12.6. The molecule has 4 heterocycles. The number of hydrogen-bond acceptors (Lipinski definition) is 6. The summed E-state index contributed by atoms with van der Waals surface area (Å²) >= 11 is 1.53. The fourth-order valence-electron chi connectivity index (χ4n) is 3.97. The van der Waals surface area contributed by atoms with Crippen molar-refractivity contribution in [3.05, 3.63) is 27.7 Å². The third-order valence-electron chi connectivity index (χ3n) is 5.55. The van der Waals surface area contributed by atoms with Crippen molar-refractivity contribution in [1.82, 2.24) is 29.5 Å². The normalized spacial score (nSPS) is 19.4. The van der Waals surface area contributed by atoms with Crippen LogP contribution < -0.4 is 0 Å². The average molecular weight is 375 g/mol. The second-order valence-corrected chi connectivity index (χ2v) is 8.40. The quantitative estimate of drug-likeness (QED) is 0.821. The molecule has 2 aliphatic rings. The zero-order valence-corrected chi connectivity index (χ0v) is 16.3. The first-order chi connectivity index (χ1) is 12.6. The van der Waals surface area contributed by atoms with Crippen molar-refractivity contribution in [2.75, 3.05) is 26.2 Å². The Morgan fingerprint density at radius 3 is 2.58 bits per heavy atom. The van der Waals surface area contributed by atoms with Gasteiger partial charge < -0.3 is 9.47 Å². The molecule has 0 atom stereocenters. The summed E-state index contributed by atoms with van der Waals surface area (Å²) in [7, 11) is 2.08. The van der Waals surface area contributed by atoms with E-state index in [-0.39, 0.29) is 5.91 Å². The summed E-state index contributed by atoms with van der Waals surface area (Å²) in [5.41, 5.74) is 0.581. The van der Waals surface area contributed by atoms with Gasteiger partial charge in [0.15, 0.2) is 0 Å². The van der Waals surface area contributed by atoms with Crippen molar-refractivity contribution in [2.45, 2.75) is 45.1 Å². The number of aryl methyl sites for hydroxylation is 1. The second-order valence-electron chi connectivity index (χ2n) is 7.33. The largest absolute Gasteiger partial charge is 0.337 e. The molecule has 2 aromatic heterocycles. The Kier molecular flexibility index (Phi) is 5.04. The van der Waals surface area contributed by atoms with E-state index in [0.29, 0.717) is 11.6 Å². The standard InChI is InChI=1S/C18H26N6OS/c1-13-19-15(12-26-13)18(25)24-9-5-14(6-10-24)17-21-20-16(22(17)2)11-23-7-3-4-8-23/h12,14H,3-11H2,1-2H3. The van der Waals surface area contributed by atoms with Crippen LogP contribution in [0.15, 0.2) is 5.38 Å². The van der Waals surface area contributed by atoms with Crippen molar-refractivity contribution in [2.24, 2.45) is 7.05 Å². The van der Waals surface area contributed by atoms with Crippen molar-refractivity contribution < 1.29 is 4.79 Å². The predicted octanol–water partition coefficient (Wildman–Crippen LogP) is 2.20. The zero-order valence-electron chi connectivity index (χ0n) is 15.5. The monoisotopic (exact) mass is 374 g/mol. The summed E-state index contributed by atoms with van der Waals surface area (Å²) in [6.07, 6.45) is 4.44. The summed E-state index contributed by atoms with van der Waals surface area (Å²) in [4.78, 5) is 21.2. The molecule has 0 aliphatic carbocycles. The van der Waals surface area contributed by atoms with Crippen LogP contribution in [0.5, 0.6) is 0 Å². The van der Waals surface area contributed by atoms with Crippen LogP contribution in [0.4, 0.5) is 0 Å². The fourth-order valence-corrected chi connectivity index (χ4v) is 4.56. The van der Waals surface area contributed by atoms with E-state index in [4.69, 9.17) is 0 Å². The van der Waals surface area contributed by atoms with Crippen LogP contribution in [0.25, 0.3) is 0 Å². The van der Waals surface area contributed by atoms with Gasteiger partial charge in [-0.3, -0.25) is 9.69 Å². The summed E-state index contributed by atoms with van der Waals surface area (Å²) in [5, 5.41) is 11.7. The molecule has 7 nitrogen and oxygen atoms in total. The van der Waals surface area contributed by atoms with E-state index in [9.17, 15) is 4.79 Å². The van der Waals surface area contributed by atoms with E-state index in [1.165, 1.54) is 37.3 Å². The molecule has 2 fully saturated rings. The van der Waals surface area contributed by atoms with E-state index < -0.39 is 0 Å². The number of piperidine rings is 1. The van der Waals surface area contributed by atoms with Gasteiger partial charge in [-0.2, -0.15) is 0 Å². The predicted molar refractivity (Wildman–Crippen MR) is 100 cm³/mol. The van der Waals surface area contributed by atoms with Gasteiger partial charge in [0.25, 0.3) is 5.91 Å². The Morgan fingerprint density at radius 2 is 1.92 bits per heavy atom. The molecule has 26 heavy (non-hydrogen) atoms. The van der Waals surface area contributed by atoms with Gasteiger partial charge in [0.05, 0.1) is 11.6 Å². The molecule has 0 aromatic carbocycles. The number of likely N-dealkylation sites (tertiary alicyclic amines) is 2. The Labute approximate surface area is 158 Å². The van der Waals surface area contributed by atoms with Crippen molar-refractivity contribution in [3.8, 4) is 0 Å². The molecule has 0 bridgehead atoms. The molecular formula is C18H26N6OS. The molecule has 0 radical (unpaired) electrons. The lowest BCUT2D eigenvalue weighted by atomic mass is 9.95. The summed E-state index contributed by atoms with van der Waals surface area (Å²) < 4.78 is 2.17. The van der Waals surface area contributed by atoms with Gasteiger partial charge in [-0.05, 0) is 45.7 Å². The van der Waals surface area contributed by atoms with Gasteiger partial charge >= 0.3 is 0 Å². The number of carbonyl (C=O) groups is 1. The molecule has 0 spiro atoms. The summed E-state index contributed by atoms with van der Waals surface area (Å²) in [6.45, 7) is 6.67. The first-order valence-corrected chi connectivity index (χ1v) is 10.3. The van der Waals surface area contributed by atoms with Crippen LogP contribution in [-0.4, -0.2) is 61.6 Å². The lowest BCUT2D eigenvalue weighted by Crippen LogP contribution is -2.38. The Balaban J connectivity index is 1.37. The van der Waals surface area contributed by atoms with E-state index >= 15 is 0 Å².